The molecule has 2 amide bonds. The molecular weight excluding hydrogens is 188 g/mol. The van der Waals surface area contributed by atoms with Crippen molar-refractivity contribution in [3.05, 3.63) is 27.7 Å². The van der Waals surface area contributed by atoms with Crippen LogP contribution in [0.2, 0.25) is 0 Å². The number of amides is 2. The van der Waals surface area contributed by atoms with Gasteiger partial charge in [-0.2, -0.15) is 15.1 Å². The second-order valence-electron chi connectivity index (χ2n) is 2.65. The molecule has 3 heterocycles. The van der Waals surface area contributed by atoms with E-state index in [2.05, 4.69) is 25.2 Å². The number of nitrogens with zero attached hydrogens (tertiary/aromatic N) is 5. The Kier molecular flexibility index (Phi) is 1.06. The molecule has 1 aliphatic heterocycles. The van der Waals surface area contributed by atoms with Gasteiger partial charge in [0.25, 0.3) is 0 Å². The Morgan fingerprint density at radius 3 is 3.00 bits per heavy atom. The summed E-state index contributed by atoms with van der Waals surface area (Å²) in [7, 11) is 0. The molecule has 0 atom stereocenters. The Morgan fingerprint density at radius 2 is 2.14 bits per heavy atom. The summed E-state index contributed by atoms with van der Waals surface area (Å²) in [6, 6.07) is -0.629. The summed E-state index contributed by atoms with van der Waals surface area (Å²) in [5.74, 6) is 0. The van der Waals surface area contributed by atoms with E-state index in [0.29, 0.717) is 0 Å². The van der Waals surface area contributed by atoms with E-state index in [4.69, 9.17) is 0 Å². The smallest absolute Gasteiger partial charge is 0.246 e. The van der Waals surface area contributed by atoms with Crippen LogP contribution < -0.4 is 16.5 Å². The molecule has 68 valence electrons. The molecule has 8 nitrogen and oxygen atoms in total. The first-order chi connectivity index (χ1) is 6.75. The molecule has 2 aromatic rings. The Labute approximate surface area is 74.6 Å². The van der Waals surface area contributed by atoms with E-state index >= 15 is 0 Å². The van der Waals surface area contributed by atoms with Gasteiger partial charge in [-0.25, -0.2) is 24.1 Å². The van der Waals surface area contributed by atoms with Crippen molar-refractivity contribution in [2.24, 2.45) is 9.98 Å². The predicted molar refractivity (Wildman–Crippen MR) is 41.3 cm³/mol. The summed E-state index contributed by atoms with van der Waals surface area (Å²) >= 11 is 0. The minimum absolute atomic E-state index is 0.196. The van der Waals surface area contributed by atoms with Gasteiger partial charge in [-0.1, -0.05) is 0 Å². The summed E-state index contributed by atoms with van der Waals surface area (Å²) in [5.41, 5.74) is 0.0287. The highest BCUT2D eigenvalue weighted by atomic mass is 16.2. The number of urea groups is 1. The molecule has 3 rings (SSSR count). The first-order valence-corrected chi connectivity index (χ1v) is 3.69. The van der Waals surface area contributed by atoms with Crippen LogP contribution in [0.1, 0.15) is 0 Å². The minimum Gasteiger partial charge on any atom is -0.246 e. The van der Waals surface area contributed by atoms with Gasteiger partial charge < -0.3 is 0 Å². The number of hydrogen-bond acceptors (Lipinski definition) is 4. The zero-order chi connectivity index (χ0) is 9.71. The average Bonchev–Trinajstić information content (AvgIpc) is 2.68. The lowest BCUT2D eigenvalue weighted by atomic mass is 10.5. The summed E-state index contributed by atoms with van der Waals surface area (Å²) in [6.45, 7) is 0. The number of aromatic amines is 1. The van der Waals surface area contributed by atoms with Crippen molar-refractivity contribution in [1.29, 1.82) is 0 Å². The third kappa shape index (κ3) is 0.715. The van der Waals surface area contributed by atoms with Crippen molar-refractivity contribution >= 4 is 11.7 Å². The van der Waals surface area contributed by atoms with Crippen LogP contribution in [-0.4, -0.2) is 25.6 Å². The second-order valence-corrected chi connectivity index (χ2v) is 2.65. The topological polar surface area (TPSA) is 105 Å². The Balaban J connectivity index is 2.72. The number of rotatable bonds is 0. The van der Waals surface area contributed by atoms with E-state index in [1.165, 1.54) is 6.33 Å². The van der Waals surface area contributed by atoms with Gasteiger partial charge in [0.2, 0.25) is 0 Å². The maximum absolute atomic E-state index is 11.1. The molecule has 8 heteroatoms. The zero-order valence-electron chi connectivity index (χ0n) is 6.63. The summed E-state index contributed by atoms with van der Waals surface area (Å²) in [5, 5.41) is 6.16. The van der Waals surface area contributed by atoms with Gasteiger partial charge in [0.05, 0.1) is 0 Å². The number of carbonyl (C=O) groups excluding carboxylic acids is 1. The monoisotopic (exact) mass is 190 g/mol. The van der Waals surface area contributed by atoms with Crippen LogP contribution in [0.3, 0.4) is 0 Å². The van der Waals surface area contributed by atoms with Crippen molar-refractivity contribution in [2.45, 2.75) is 0 Å². The van der Waals surface area contributed by atoms with Gasteiger partial charge in [0.15, 0.2) is 16.5 Å². The first-order valence-electron chi connectivity index (χ1n) is 3.69. The van der Waals surface area contributed by atoms with Gasteiger partial charge in [0.1, 0.15) is 6.33 Å². The highest BCUT2D eigenvalue weighted by molar-refractivity contribution is 5.77. The maximum atomic E-state index is 11.1. The molecule has 1 aliphatic rings. The fourth-order valence-electron chi connectivity index (χ4n) is 1.25. The van der Waals surface area contributed by atoms with Crippen molar-refractivity contribution in [1.82, 2.24) is 19.6 Å². The average molecular weight is 190 g/mol. The Hall–Kier alpha value is -2.38. The third-order valence-corrected chi connectivity index (χ3v) is 1.83. The summed E-state index contributed by atoms with van der Waals surface area (Å²) in [6.07, 6.45) is 1.25. The Bertz CT molecular complexity index is 723. The lowest BCUT2D eigenvalue weighted by Gasteiger charge is -1.85. The predicted octanol–water partition coefficient (Wildman–Crippen LogP) is -2.21. The summed E-state index contributed by atoms with van der Waals surface area (Å²) < 4.78 is 1.16. The zero-order valence-corrected chi connectivity index (χ0v) is 6.63. The molecule has 0 saturated carbocycles. The molecule has 0 aromatic carbocycles. The molecule has 2 aromatic heterocycles. The molecule has 0 aliphatic carbocycles. The fourth-order valence-corrected chi connectivity index (χ4v) is 1.25. The number of fused-ring (bicyclic) bond motifs is 3. The molecule has 0 bridgehead atoms. The first kappa shape index (κ1) is 7.06. The molecular formula is C6H2N6O2. The van der Waals surface area contributed by atoms with Gasteiger partial charge in [-0.15, -0.1) is 0 Å². The van der Waals surface area contributed by atoms with Crippen LogP contribution >= 0.6 is 0 Å². The molecule has 1 N–H and O–H groups in total. The number of nitrogens with one attached hydrogen (secondary N) is 1. The van der Waals surface area contributed by atoms with Gasteiger partial charge in [-0.05, 0) is 0 Å². The number of carbonyl (C=O) groups is 1. The highest BCUT2D eigenvalue weighted by Crippen LogP contribution is 1.86. The minimum atomic E-state index is -0.629. The molecule has 0 fully saturated rings. The standard InChI is InChI=1S/C6H2N6O2/c13-5-8-2-3(9-5)7-1-12-4(2)10-11-6(12)14/h1H,(H,11,14). The van der Waals surface area contributed by atoms with Crippen LogP contribution in [0.4, 0.5) is 4.79 Å². The molecule has 14 heavy (non-hydrogen) atoms. The van der Waals surface area contributed by atoms with Crippen molar-refractivity contribution in [3.8, 4) is 0 Å². The van der Waals surface area contributed by atoms with Crippen LogP contribution in [0.25, 0.3) is 5.65 Å². The van der Waals surface area contributed by atoms with Crippen molar-refractivity contribution in [2.75, 3.05) is 0 Å². The van der Waals surface area contributed by atoms with Gasteiger partial charge >= 0.3 is 11.7 Å². The number of aromatic nitrogens is 4. The van der Waals surface area contributed by atoms with E-state index in [-0.39, 0.29) is 16.5 Å². The van der Waals surface area contributed by atoms with Gasteiger partial charge in [0, 0.05) is 0 Å². The maximum Gasteiger partial charge on any atom is 0.369 e. The SMILES string of the molecule is O=C1N=c2ncn3c(=O)[nH]nc3c2=N1. The number of H-pyrrole nitrogens is 1. The molecule has 0 radical (unpaired) electrons. The Morgan fingerprint density at radius 1 is 1.29 bits per heavy atom. The quantitative estimate of drug-likeness (QED) is 0.508. The third-order valence-electron chi connectivity index (χ3n) is 1.83. The van der Waals surface area contributed by atoms with E-state index in [1.54, 1.807) is 0 Å². The fraction of sp³-hybridized carbons (Fsp3) is 0. The second kappa shape index (κ2) is 2.10. The number of hydrogen-bond donors (Lipinski definition) is 1. The van der Waals surface area contributed by atoms with Crippen molar-refractivity contribution < 1.29 is 4.79 Å². The van der Waals surface area contributed by atoms with Crippen LogP contribution in [-0.2, 0) is 0 Å². The molecule has 0 saturated heterocycles. The van der Waals surface area contributed by atoms with Gasteiger partial charge in [-0.3, -0.25) is 0 Å². The van der Waals surface area contributed by atoms with Crippen LogP contribution in [0, 0.1) is 0 Å². The molecule has 0 spiro atoms. The lowest BCUT2D eigenvalue weighted by molar-refractivity contribution is 0.256. The van der Waals surface area contributed by atoms with E-state index in [0.717, 1.165) is 4.40 Å². The van der Waals surface area contributed by atoms with E-state index in [9.17, 15) is 9.59 Å². The lowest BCUT2D eigenvalue weighted by Crippen LogP contribution is -2.29. The molecule has 0 unspecified atom stereocenters. The van der Waals surface area contributed by atoms with Crippen LogP contribution in [0.5, 0.6) is 0 Å². The van der Waals surface area contributed by atoms with E-state index < -0.39 is 11.7 Å². The van der Waals surface area contributed by atoms with E-state index in [1.807, 2.05) is 0 Å². The van der Waals surface area contributed by atoms with Crippen LogP contribution in [0.15, 0.2) is 21.1 Å². The van der Waals surface area contributed by atoms with Crippen molar-refractivity contribution in [3.63, 3.8) is 0 Å². The highest BCUT2D eigenvalue weighted by Gasteiger charge is 2.11. The summed E-state index contributed by atoms with van der Waals surface area (Å²) in [4.78, 5) is 32.9. The normalized spacial score (nSPS) is 13.9. The largest absolute Gasteiger partial charge is 0.369 e.